The zero-order valence-corrected chi connectivity index (χ0v) is 10.9. The molecular weight excluding hydrogens is 249 g/mol. The minimum atomic E-state index is -0.570. The lowest BCUT2D eigenvalue weighted by molar-refractivity contribution is -0.0300. The van der Waals surface area contributed by atoms with Crippen LogP contribution in [0.3, 0.4) is 0 Å². The molecule has 5 heteroatoms. The van der Waals surface area contributed by atoms with E-state index in [1.54, 1.807) is 6.92 Å². The Hall–Kier alpha value is -1.62. The third kappa shape index (κ3) is 3.44. The summed E-state index contributed by atoms with van der Waals surface area (Å²) < 4.78 is 24.1. The third-order valence-corrected chi connectivity index (χ3v) is 3.29. The number of benzene rings is 1. The smallest absolute Gasteiger partial charge is 0.338 e. The summed E-state index contributed by atoms with van der Waals surface area (Å²) in [5.74, 6) is -1.07. The molecule has 1 fully saturated rings. The Bertz CT molecular complexity index is 447. The van der Waals surface area contributed by atoms with Gasteiger partial charge in [-0.15, -0.1) is 0 Å². The van der Waals surface area contributed by atoms with E-state index in [-0.39, 0.29) is 24.0 Å². The van der Waals surface area contributed by atoms with Crippen molar-refractivity contribution >= 4 is 11.7 Å². The van der Waals surface area contributed by atoms with Crippen molar-refractivity contribution in [2.45, 2.75) is 32.3 Å². The van der Waals surface area contributed by atoms with E-state index < -0.39 is 11.8 Å². The fourth-order valence-electron chi connectivity index (χ4n) is 2.01. The van der Waals surface area contributed by atoms with Crippen molar-refractivity contribution in [1.29, 1.82) is 0 Å². The molecule has 0 radical (unpaired) electrons. The molecule has 2 N–H and O–H groups in total. The summed E-state index contributed by atoms with van der Waals surface area (Å²) >= 11 is 0. The molecule has 4 nitrogen and oxygen atoms in total. The summed E-state index contributed by atoms with van der Waals surface area (Å²) in [6.45, 7) is 2.47. The van der Waals surface area contributed by atoms with Gasteiger partial charge in [0.15, 0.2) is 0 Å². The molecule has 1 heterocycles. The molecule has 1 aliphatic rings. The fourth-order valence-corrected chi connectivity index (χ4v) is 2.01. The predicted molar refractivity (Wildman–Crippen MR) is 69.4 cm³/mol. The van der Waals surface area contributed by atoms with Gasteiger partial charge in [-0.25, -0.2) is 9.18 Å². The van der Waals surface area contributed by atoms with E-state index >= 15 is 0 Å². The molecule has 0 saturated carbocycles. The monoisotopic (exact) mass is 267 g/mol. The normalized spacial score (nSPS) is 19.2. The van der Waals surface area contributed by atoms with Crippen molar-refractivity contribution in [1.82, 2.24) is 0 Å². The van der Waals surface area contributed by atoms with E-state index in [9.17, 15) is 9.18 Å². The number of carbonyl (C=O) groups excluding carboxylic acids is 1. The molecule has 1 aliphatic heterocycles. The number of halogens is 1. The lowest BCUT2D eigenvalue weighted by atomic mass is 10.1. The molecule has 1 saturated heterocycles. The first-order chi connectivity index (χ1) is 9.08. The standard InChI is InChI=1S/C14H18FNO3/c1-9-12(15)6-10(7-13(9)16)14(17)19-8-11-4-2-3-5-18-11/h6-7,11H,2-5,8,16H2,1H3. The number of anilines is 1. The van der Waals surface area contributed by atoms with Crippen LogP contribution in [0.1, 0.15) is 35.2 Å². The second-order valence-electron chi connectivity index (χ2n) is 4.76. The van der Waals surface area contributed by atoms with Gasteiger partial charge in [0.05, 0.1) is 11.7 Å². The van der Waals surface area contributed by atoms with Gasteiger partial charge in [-0.05, 0) is 38.3 Å². The highest BCUT2D eigenvalue weighted by atomic mass is 19.1. The summed E-state index contributed by atoms with van der Waals surface area (Å²) in [6.07, 6.45) is 2.96. The Balaban J connectivity index is 1.96. The van der Waals surface area contributed by atoms with Gasteiger partial charge in [0, 0.05) is 17.9 Å². The number of rotatable bonds is 3. The minimum absolute atomic E-state index is 0.0506. The van der Waals surface area contributed by atoms with Gasteiger partial charge < -0.3 is 15.2 Å². The van der Waals surface area contributed by atoms with Crippen molar-refractivity contribution < 1.29 is 18.7 Å². The second kappa shape index (κ2) is 6.02. The molecule has 104 valence electrons. The Morgan fingerprint density at radius 1 is 1.53 bits per heavy atom. The van der Waals surface area contributed by atoms with E-state index in [0.717, 1.165) is 25.3 Å². The highest BCUT2D eigenvalue weighted by molar-refractivity contribution is 5.90. The quantitative estimate of drug-likeness (QED) is 0.675. The molecule has 1 aromatic carbocycles. The van der Waals surface area contributed by atoms with Crippen LogP contribution in [-0.2, 0) is 9.47 Å². The SMILES string of the molecule is Cc1c(N)cc(C(=O)OCC2CCCCO2)cc1F. The van der Waals surface area contributed by atoms with Crippen LogP contribution in [0.2, 0.25) is 0 Å². The third-order valence-electron chi connectivity index (χ3n) is 3.29. The lowest BCUT2D eigenvalue weighted by Crippen LogP contribution is -2.26. The minimum Gasteiger partial charge on any atom is -0.459 e. The number of carbonyl (C=O) groups is 1. The summed E-state index contributed by atoms with van der Waals surface area (Å²) in [7, 11) is 0. The number of esters is 1. The Morgan fingerprint density at radius 2 is 2.32 bits per heavy atom. The zero-order chi connectivity index (χ0) is 13.8. The number of nitrogen functional groups attached to an aromatic ring is 1. The highest BCUT2D eigenvalue weighted by Crippen LogP contribution is 2.19. The van der Waals surface area contributed by atoms with Gasteiger partial charge in [0.25, 0.3) is 0 Å². The fraction of sp³-hybridized carbons (Fsp3) is 0.500. The molecule has 0 bridgehead atoms. The van der Waals surface area contributed by atoms with Crippen LogP contribution in [0.25, 0.3) is 0 Å². The van der Waals surface area contributed by atoms with Gasteiger partial charge >= 0.3 is 5.97 Å². The van der Waals surface area contributed by atoms with Gasteiger partial charge in [-0.2, -0.15) is 0 Å². The molecule has 0 aliphatic carbocycles. The number of nitrogens with two attached hydrogens (primary N) is 1. The van der Waals surface area contributed by atoms with Crippen molar-refractivity contribution in [3.63, 3.8) is 0 Å². The van der Waals surface area contributed by atoms with Gasteiger partial charge in [-0.3, -0.25) is 0 Å². The topological polar surface area (TPSA) is 61.6 Å². The first kappa shape index (κ1) is 13.8. The van der Waals surface area contributed by atoms with E-state index in [1.807, 2.05) is 0 Å². The summed E-state index contributed by atoms with van der Waals surface area (Å²) in [4.78, 5) is 11.8. The molecule has 0 spiro atoms. The maximum Gasteiger partial charge on any atom is 0.338 e. The number of hydrogen-bond acceptors (Lipinski definition) is 4. The molecule has 1 unspecified atom stereocenters. The highest BCUT2D eigenvalue weighted by Gasteiger charge is 2.18. The first-order valence-electron chi connectivity index (χ1n) is 6.42. The Kier molecular flexibility index (Phi) is 4.37. The van der Waals surface area contributed by atoms with Gasteiger partial charge in [-0.1, -0.05) is 0 Å². The van der Waals surface area contributed by atoms with Crippen LogP contribution in [-0.4, -0.2) is 25.3 Å². The Labute approximate surface area is 111 Å². The average Bonchev–Trinajstić information content (AvgIpc) is 2.42. The lowest BCUT2D eigenvalue weighted by Gasteiger charge is -2.22. The van der Waals surface area contributed by atoms with Crippen LogP contribution in [0.4, 0.5) is 10.1 Å². The maximum atomic E-state index is 13.5. The van der Waals surface area contributed by atoms with Crippen LogP contribution >= 0.6 is 0 Å². The van der Waals surface area contributed by atoms with Gasteiger partial charge in [0.1, 0.15) is 12.4 Å². The molecule has 0 aromatic heterocycles. The van der Waals surface area contributed by atoms with Crippen LogP contribution in [0, 0.1) is 12.7 Å². The molecule has 1 atom stereocenters. The largest absolute Gasteiger partial charge is 0.459 e. The van der Waals surface area contributed by atoms with Crippen molar-refractivity contribution in [2.75, 3.05) is 18.9 Å². The predicted octanol–water partition coefficient (Wildman–Crippen LogP) is 2.44. The first-order valence-corrected chi connectivity index (χ1v) is 6.42. The summed E-state index contributed by atoms with van der Waals surface area (Å²) in [5.41, 5.74) is 6.35. The molecule has 0 amide bonds. The number of hydrogen-bond donors (Lipinski definition) is 1. The van der Waals surface area contributed by atoms with Crippen molar-refractivity contribution in [3.8, 4) is 0 Å². The van der Waals surface area contributed by atoms with Crippen LogP contribution < -0.4 is 5.73 Å². The summed E-state index contributed by atoms with van der Waals surface area (Å²) in [5, 5.41) is 0. The summed E-state index contributed by atoms with van der Waals surface area (Å²) in [6, 6.07) is 2.58. The van der Waals surface area contributed by atoms with Crippen LogP contribution in [0.15, 0.2) is 12.1 Å². The van der Waals surface area contributed by atoms with E-state index in [2.05, 4.69) is 0 Å². The Morgan fingerprint density at radius 3 is 2.95 bits per heavy atom. The van der Waals surface area contributed by atoms with Crippen molar-refractivity contribution in [3.05, 3.63) is 29.1 Å². The van der Waals surface area contributed by atoms with E-state index in [1.165, 1.54) is 6.07 Å². The van der Waals surface area contributed by atoms with Crippen LogP contribution in [0.5, 0.6) is 0 Å². The zero-order valence-electron chi connectivity index (χ0n) is 10.9. The van der Waals surface area contributed by atoms with E-state index in [0.29, 0.717) is 12.2 Å². The average molecular weight is 267 g/mol. The second-order valence-corrected chi connectivity index (χ2v) is 4.76. The van der Waals surface area contributed by atoms with E-state index in [4.69, 9.17) is 15.2 Å². The van der Waals surface area contributed by atoms with Crippen molar-refractivity contribution in [2.24, 2.45) is 0 Å². The molecule has 19 heavy (non-hydrogen) atoms. The number of ether oxygens (including phenoxy) is 2. The molecular formula is C14H18FNO3. The van der Waals surface area contributed by atoms with Gasteiger partial charge in [0.2, 0.25) is 0 Å². The molecule has 2 rings (SSSR count). The maximum absolute atomic E-state index is 13.5. The molecule has 1 aromatic rings.